The van der Waals surface area contributed by atoms with Crippen molar-refractivity contribution < 1.29 is 13.2 Å². The van der Waals surface area contributed by atoms with E-state index in [-0.39, 0.29) is 30.1 Å². The number of halogens is 1. The summed E-state index contributed by atoms with van der Waals surface area (Å²) < 4.78 is 23.3. The lowest BCUT2D eigenvalue weighted by Crippen LogP contribution is -2.54. The van der Waals surface area contributed by atoms with Gasteiger partial charge in [0, 0.05) is 19.0 Å². The van der Waals surface area contributed by atoms with Gasteiger partial charge < -0.3 is 10.2 Å². The first-order chi connectivity index (χ1) is 7.90. The topological polar surface area (TPSA) is 66.5 Å². The standard InChI is InChI=1S/C11H22N2O3S.ClH/c1-9-10(2)17(15,16)8-7-13(9)11(14)5-4-6-12-3;/h9-10,12H,4-8H2,1-3H3;1H. The second-order valence-corrected chi connectivity index (χ2v) is 7.08. The number of nitrogens with one attached hydrogen (secondary N) is 1. The van der Waals surface area contributed by atoms with Gasteiger partial charge in [0.05, 0.1) is 11.0 Å². The van der Waals surface area contributed by atoms with Gasteiger partial charge in [0.2, 0.25) is 5.91 Å². The van der Waals surface area contributed by atoms with E-state index < -0.39 is 15.1 Å². The van der Waals surface area contributed by atoms with E-state index in [9.17, 15) is 13.2 Å². The minimum atomic E-state index is -3.01. The molecule has 1 fully saturated rings. The predicted octanol–water partition coefficient (Wildman–Crippen LogP) is 0.442. The highest BCUT2D eigenvalue weighted by Crippen LogP contribution is 2.20. The van der Waals surface area contributed by atoms with Crippen LogP contribution in [0, 0.1) is 0 Å². The number of rotatable bonds is 4. The van der Waals surface area contributed by atoms with Gasteiger partial charge in [0.25, 0.3) is 0 Å². The van der Waals surface area contributed by atoms with Crippen LogP contribution in [0.25, 0.3) is 0 Å². The Bertz CT molecular complexity index is 372. The Morgan fingerprint density at radius 2 is 2.00 bits per heavy atom. The molecule has 0 radical (unpaired) electrons. The van der Waals surface area contributed by atoms with Crippen molar-refractivity contribution >= 4 is 28.2 Å². The first kappa shape index (κ1) is 17.7. The molecule has 5 nitrogen and oxygen atoms in total. The summed E-state index contributed by atoms with van der Waals surface area (Å²) in [5.41, 5.74) is 0. The maximum Gasteiger partial charge on any atom is 0.222 e. The minimum absolute atomic E-state index is 0. The van der Waals surface area contributed by atoms with E-state index in [0.29, 0.717) is 13.0 Å². The molecule has 0 aromatic heterocycles. The molecular formula is C11H23ClN2O3S. The third-order valence-electron chi connectivity index (χ3n) is 3.49. The highest BCUT2D eigenvalue weighted by atomic mass is 35.5. The molecule has 0 bridgehead atoms. The molecular weight excluding hydrogens is 276 g/mol. The molecule has 1 heterocycles. The van der Waals surface area contributed by atoms with Crippen LogP contribution in [0.1, 0.15) is 26.7 Å². The van der Waals surface area contributed by atoms with Crippen LogP contribution in [0.15, 0.2) is 0 Å². The van der Waals surface area contributed by atoms with Crippen molar-refractivity contribution in [1.29, 1.82) is 0 Å². The molecule has 1 N–H and O–H groups in total. The molecule has 0 aromatic rings. The monoisotopic (exact) mass is 298 g/mol. The normalized spacial score (nSPS) is 26.5. The van der Waals surface area contributed by atoms with E-state index in [1.54, 1.807) is 11.8 Å². The van der Waals surface area contributed by atoms with Gasteiger partial charge in [-0.3, -0.25) is 4.79 Å². The summed E-state index contributed by atoms with van der Waals surface area (Å²) >= 11 is 0. The molecule has 1 amide bonds. The van der Waals surface area contributed by atoms with Gasteiger partial charge in [-0.15, -0.1) is 12.4 Å². The zero-order valence-electron chi connectivity index (χ0n) is 11.2. The van der Waals surface area contributed by atoms with Crippen LogP contribution in [0.3, 0.4) is 0 Å². The van der Waals surface area contributed by atoms with Crippen molar-refractivity contribution in [1.82, 2.24) is 10.2 Å². The third kappa shape index (κ3) is 4.10. The summed E-state index contributed by atoms with van der Waals surface area (Å²) in [6, 6.07) is -0.212. The van der Waals surface area contributed by atoms with Crippen LogP contribution in [0.4, 0.5) is 0 Å². The van der Waals surface area contributed by atoms with E-state index in [2.05, 4.69) is 5.32 Å². The molecule has 0 aliphatic carbocycles. The maximum absolute atomic E-state index is 11.9. The molecule has 1 aliphatic rings. The predicted molar refractivity (Wildman–Crippen MR) is 74.8 cm³/mol. The average Bonchev–Trinajstić information content (AvgIpc) is 2.26. The zero-order valence-corrected chi connectivity index (χ0v) is 12.8. The largest absolute Gasteiger partial charge is 0.338 e. The van der Waals surface area contributed by atoms with Gasteiger partial charge in [-0.05, 0) is 33.9 Å². The Kier molecular flexibility index (Phi) is 7.17. The second kappa shape index (κ2) is 7.31. The Morgan fingerprint density at radius 1 is 1.39 bits per heavy atom. The molecule has 1 aliphatic heterocycles. The fourth-order valence-corrected chi connectivity index (χ4v) is 3.65. The van der Waals surface area contributed by atoms with Gasteiger partial charge in [-0.25, -0.2) is 8.42 Å². The molecule has 108 valence electrons. The summed E-state index contributed by atoms with van der Waals surface area (Å²) in [5.74, 6) is 0.158. The zero-order chi connectivity index (χ0) is 13.1. The van der Waals surface area contributed by atoms with Crippen LogP contribution in [-0.4, -0.2) is 56.4 Å². The number of amides is 1. The van der Waals surface area contributed by atoms with Crippen LogP contribution < -0.4 is 5.32 Å². The molecule has 0 spiro atoms. The van der Waals surface area contributed by atoms with Gasteiger partial charge in [-0.2, -0.15) is 0 Å². The quantitative estimate of drug-likeness (QED) is 0.765. The number of carbonyl (C=O) groups is 1. The molecule has 18 heavy (non-hydrogen) atoms. The molecule has 0 saturated carbocycles. The smallest absolute Gasteiger partial charge is 0.222 e. The lowest BCUT2D eigenvalue weighted by Gasteiger charge is -2.37. The van der Waals surface area contributed by atoms with Crippen LogP contribution >= 0.6 is 12.4 Å². The summed E-state index contributed by atoms with van der Waals surface area (Å²) in [6.07, 6.45) is 1.28. The number of nitrogens with zero attached hydrogens (tertiary/aromatic N) is 1. The van der Waals surface area contributed by atoms with E-state index >= 15 is 0 Å². The van der Waals surface area contributed by atoms with E-state index in [0.717, 1.165) is 13.0 Å². The van der Waals surface area contributed by atoms with Crippen LogP contribution in [0.2, 0.25) is 0 Å². The van der Waals surface area contributed by atoms with Crippen molar-refractivity contribution in [2.24, 2.45) is 0 Å². The first-order valence-corrected chi connectivity index (χ1v) is 7.77. The molecule has 2 unspecified atom stereocenters. The lowest BCUT2D eigenvalue weighted by molar-refractivity contribution is -0.133. The maximum atomic E-state index is 11.9. The van der Waals surface area contributed by atoms with Crippen molar-refractivity contribution in [3.8, 4) is 0 Å². The Morgan fingerprint density at radius 3 is 2.56 bits per heavy atom. The van der Waals surface area contributed by atoms with Crippen molar-refractivity contribution in [3.05, 3.63) is 0 Å². The molecule has 1 rings (SSSR count). The van der Waals surface area contributed by atoms with Gasteiger partial charge >= 0.3 is 0 Å². The SMILES string of the molecule is CNCCCC(=O)N1CCS(=O)(=O)C(C)C1C.Cl. The molecule has 2 atom stereocenters. The third-order valence-corrected chi connectivity index (χ3v) is 5.77. The Hall–Kier alpha value is -0.330. The number of sulfone groups is 1. The summed E-state index contributed by atoms with van der Waals surface area (Å²) in [5, 5.41) is 2.54. The summed E-state index contributed by atoms with van der Waals surface area (Å²) in [6.45, 7) is 4.65. The van der Waals surface area contributed by atoms with E-state index in [4.69, 9.17) is 0 Å². The lowest BCUT2D eigenvalue weighted by atomic mass is 10.1. The van der Waals surface area contributed by atoms with Crippen LogP contribution in [0.5, 0.6) is 0 Å². The first-order valence-electron chi connectivity index (χ1n) is 6.06. The summed E-state index contributed by atoms with van der Waals surface area (Å²) in [7, 11) is -1.16. The van der Waals surface area contributed by atoms with Crippen LogP contribution in [-0.2, 0) is 14.6 Å². The van der Waals surface area contributed by atoms with E-state index in [1.165, 1.54) is 0 Å². The fraction of sp³-hybridized carbons (Fsp3) is 0.909. The summed E-state index contributed by atoms with van der Waals surface area (Å²) in [4.78, 5) is 13.7. The second-order valence-electron chi connectivity index (χ2n) is 4.61. The fourth-order valence-electron chi connectivity index (χ4n) is 2.08. The highest BCUT2D eigenvalue weighted by Gasteiger charge is 2.37. The molecule has 1 saturated heterocycles. The van der Waals surface area contributed by atoms with Crippen molar-refractivity contribution in [3.63, 3.8) is 0 Å². The minimum Gasteiger partial charge on any atom is -0.338 e. The van der Waals surface area contributed by atoms with Gasteiger partial charge in [-0.1, -0.05) is 0 Å². The molecule has 7 heteroatoms. The Balaban J connectivity index is 0.00000289. The number of hydrogen-bond acceptors (Lipinski definition) is 4. The van der Waals surface area contributed by atoms with Gasteiger partial charge in [0.1, 0.15) is 0 Å². The van der Waals surface area contributed by atoms with Crippen molar-refractivity contribution in [2.45, 2.75) is 38.0 Å². The number of carbonyl (C=O) groups excluding carboxylic acids is 1. The highest BCUT2D eigenvalue weighted by molar-refractivity contribution is 7.92. The Labute approximate surface area is 116 Å². The van der Waals surface area contributed by atoms with Gasteiger partial charge in [0.15, 0.2) is 9.84 Å². The van der Waals surface area contributed by atoms with E-state index in [1.807, 2.05) is 14.0 Å². The number of hydrogen-bond donors (Lipinski definition) is 1. The van der Waals surface area contributed by atoms with Crippen molar-refractivity contribution in [2.75, 3.05) is 25.9 Å². The molecule has 0 aromatic carbocycles. The average molecular weight is 299 g/mol.